The largest absolute Gasteiger partial charge is 0.329 e. The molecule has 3 heteroatoms. The van der Waals surface area contributed by atoms with E-state index in [1.807, 2.05) is 12.1 Å². The van der Waals surface area contributed by atoms with Gasteiger partial charge in [-0.15, -0.1) is 0 Å². The summed E-state index contributed by atoms with van der Waals surface area (Å²) in [5, 5.41) is 0.801. The first-order valence-corrected chi connectivity index (χ1v) is 7.19. The molecule has 1 aliphatic carbocycles. The Balaban J connectivity index is 2.21. The van der Waals surface area contributed by atoms with E-state index in [1.54, 1.807) is 0 Å². The van der Waals surface area contributed by atoms with Gasteiger partial charge < -0.3 is 5.73 Å². The lowest BCUT2D eigenvalue weighted by Gasteiger charge is -2.33. The minimum Gasteiger partial charge on any atom is -0.329 e. The molecule has 0 bridgehead atoms. The number of likely N-dealkylation sites (N-methyl/N-ethyl adjacent to an activating group) is 1. The van der Waals surface area contributed by atoms with E-state index in [0.29, 0.717) is 18.6 Å². The Hall–Kier alpha value is -0.570. The summed E-state index contributed by atoms with van der Waals surface area (Å²) in [6.45, 7) is 2.78. The molecule has 100 valence electrons. The van der Waals surface area contributed by atoms with Gasteiger partial charge in [-0.2, -0.15) is 0 Å². The molecule has 0 aromatic heterocycles. The van der Waals surface area contributed by atoms with Crippen molar-refractivity contribution in [3.8, 4) is 0 Å². The predicted octanol–water partition coefficient (Wildman–Crippen LogP) is 3.52. The number of hydrogen-bond acceptors (Lipinski definition) is 2. The molecular weight excluding hydrogens is 244 g/mol. The first-order chi connectivity index (χ1) is 8.63. The molecule has 1 saturated carbocycles. The fourth-order valence-electron chi connectivity index (χ4n) is 3.09. The van der Waals surface area contributed by atoms with Gasteiger partial charge in [-0.1, -0.05) is 30.5 Å². The molecule has 0 aliphatic heterocycles. The molecule has 0 heterocycles. The van der Waals surface area contributed by atoms with Crippen molar-refractivity contribution in [3.05, 3.63) is 34.3 Å². The minimum atomic E-state index is 0.311. The molecule has 1 atom stereocenters. The lowest BCUT2D eigenvalue weighted by molar-refractivity contribution is 0.179. The van der Waals surface area contributed by atoms with Crippen molar-refractivity contribution in [3.63, 3.8) is 0 Å². The van der Waals surface area contributed by atoms with Crippen LogP contribution in [-0.4, -0.2) is 24.5 Å². The van der Waals surface area contributed by atoms with Crippen LogP contribution >= 0.6 is 11.6 Å². The Morgan fingerprint density at radius 1 is 1.39 bits per heavy atom. The standard InChI is InChI=1S/C15H23ClN2/c1-11-9-12(16)7-8-14(11)15(10-17)18(2)13-5-3-4-6-13/h7-9,13,15H,3-6,10,17H2,1-2H3. The SMILES string of the molecule is Cc1cc(Cl)ccc1C(CN)N(C)C1CCCC1. The van der Waals surface area contributed by atoms with Gasteiger partial charge >= 0.3 is 0 Å². The maximum absolute atomic E-state index is 6.03. The molecule has 2 N–H and O–H groups in total. The molecule has 1 aromatic rings. The van der Waals surface area contributed by atoms with Crippen LogP contribution in [0.5, 0.6) is 0 Å². The average Bonchev–Trinajstić information content (AvgIpc) is 2.86. The van der Waals surface area contributed by atoms with Crippen molar-refractivity contribution in [1.29, 1.82) is 0 Å². The van der Waals surface area contributed by atoms with Gasteiger partial charge in [0.1, 0.15) is 0 Å². The summed E-state index contributed by atoms with van der Waals surface area (Å²) in [4.78, 5) is 2.46. The highest BCUT2D eigenvalue weighted by molar-refractivity contribution is 6.30. The number of benzene rings is 1. The van der Waals surface area contributed by atoms with Crippen LogP contribution in [0.3, 0.4) is 0 Å². The van der Waals surface area contributed by atoms with Crippen LogP contribution in [0.1, 0.15) is 42.9 Å². The Bertz CT molecular complexity index is 399. The number of nitrogens with two attached hydrogens (primary N) is 1. The molecule has 0 saturated heterocycles. The molecule has 1 unspecified atom stereocenters. The zero-order valence-corrected chi connectivity index (χ0v) is 12.1. The zero-order valence-electron chi connectivity index (χ0n) is 11.3. The number of nitrogens with zero attached hydrogens (tertiary/aromatic N) is 1. The van der Waals surface area contributed by atoms with E-state index in [-0.39, 0.29) is 0 Å². The summed E-state index contributed by atoms with van der Waals surface area (Å²) in [5.41, 5.74) is 8.56. The van der Waals surface area contributed by atoms with Crippen LogP contribution in [0.15, 0.2) is 18.2 Å². The number of aryl methyl sites for hydroxylation is 1. The Kier molecular flexibility index (Phi) is 4.66. The highest BCUT2D eigenvalue weighted by Crippen LogP contribution is 2.31. The molecule has 0 radical (unpaired) electrons. The monoisotopic (exact) mass is 266 g/mol. The molecule has 2 rings (SSSR count). The average molecular weight is 267 g/mol. The third-order valence-electron chi connectivity index (χ3n) is 4.21. The second kappa shape index (κ2) is 6.05. The molecular formula is C15H23ClN2. The van der Waals surface area contributed by atoms with Gasteiger partial charge in [0.05, 0.1) is 0 Å². The van der Waals surface area contributed by atoms with E-state index in [2.05, 4.69) is 24.9 Å². The van der Waals surface area contributed by atoms with Crippen LogP contribution in [0.2, 0.25) is 5.02 Å². The predicted molar refractivity (Wildman–Crippen MR) is 78.0 cm³/mol. The summed E-state index contributed by atoms with van der Waals surface area (Å²) in [7, 11) is 2.21. The summed E-state index contributed by atoms with van der Waals surface area (Å²) < 4.78 is 0. The Labute approximate surface area is 115 Å². The number of halogens is 1. The quantitative estimate of drug-likeness (QED) is 0.904. The fraction of sp³-hybridized carbons (Fsp3) is 0.600. The van der Waals surface area contributed by atoms with E-state index < -0.39 is 0 Å². The third-order valence-corrected chi connectivity index (χ3v) is 4.44. The summed E-state index contributed by atoms with van der Waals surface area (Å²) in [6.07, 6.45) is 5.32. The van der Waals surface area contributed by atoms with Gasteiger partial charge in [-0.3, -0.25) is 4.90 Å². The van der Waals surface area contributed by atoms with Crippen LogP contribution in [0, 0.1) is 6.92 Å². The lowest BCUT2D eigenvalue weighted by atomic mass is 9.98. The molecule has 0 amide bonds. The van der Waals surface area contributed by atoms with Crippen LogP contribution < -0.4 is 5.73 Å². The van der Waals surface area contributed by atoms with Crippen molar-refractivity contribution in [2.45, 2.75) is 44.7 Å². The molecule has 1 aromatic carbocycles. The van der Waals surface area contributed by atoms with Gasteiger partial charge in [0, 0.05) is 23.7 Å². The van der Waals surface area contributed by atoms with Crippen molar-refractivity contribution in [2.75, 3.05) is 13.6 Å². The van der Waals surface area contributed by atoms with Crippen LogP contribution in [0.25, 0.3) is 0 Å². The van der Waals surface area contributed by atoms with E-state index in [1.165, 1.54) is 36.8 Å². The van der Waals surface area contributed by atoms with E-state index in [4.69, 9.17) is 17.3 Å². The van der Waals surface area contributed by atoms with Gasteiger partial charge in [0.25, 0.3) is 0 Å². The lowest BCUT2D eigenvalue weighted by Crippen LogP contribution is -2.37. The molecule has 2 nitrogen and oxygen atoms in total. The summed E-state index contributed by atoms with van der Waals surface area (Å²) >= 11 is 6.03. The Morgan fingerprint density at radius 3 is 2.61 bits per heavy atom. The normalized spacial score (nSPS) is 18.5. The van der Waals surface area contributed by atoms with Crippen LogP contribution in [-0.2, 0) is 0 Å². The van der Waals surface area contributed by atoms with Crippen molar-refractivity contribution >= 4 is 11.6 Å². The number of rotatable bonds is 4. The highest BCUT2D eigenvalue weighted by Gasteiger charge is 2.26. The van der Waals surface area contributed by atoms with Crippen LogP contribution in [0.4, 0.5) is 0 Å². The third kappa shape index (κ3) is 2.87. The molecule has 1 aliphatic rings. The fourth-order valence-corrected chi connectivity index (χ4v) is 3.32. The maximum Gasteiger partial charge on any atom is 0.0472 e. The first kappa shape index (κ1) is 13.9. The van der Waals surface area contributed by atoms with Gasteiger partial charge in [-0.25, -0.2) is 0 Å². The Morgan fingerprint density at radius 2 is 2.06 bits per heavy atom. The highest BCUT2D eigenvalue weighted by atomic mass is 35.5. The van der Waals surface area contributed by atoms with E-state index in [9.17, 15) is 0 Å². The number of hydrogen-bond donors (Lipinski definition) is 1. The zero-order chi connectivity index (χ0) is 13.1. The smallest absolute Gasteiger partial charge is 0.0472 e. The topological polar surface area (TPSA) is 29.3 Å². The minimum absolute atomic E-state index is 0.311. The summed E-state index contributed by atoms with van der Waals surface area (Å²) in [5.74, 6) is 0. The first-order valence-electron chi connectivity index (χ1n) is 6.81. The maximum atomic E-state index is 6.03. The molecule has 0 spiro atoms. The van der Waals surface area contributed by atoms with E-state index >= 15 is 0 Å². The molecule has 18 heavy (non-hydrogen) atoms. The van der Waals surface area contributed by atoms with Gasteiger partial charge in [0.15, 0.2) is 0 Å². The van der Waals surface area contributed by atoms with Crippen molar-refractivity contribution < 1.29 is 0 Å². The van der Waals surface area contributed by atoms with Crippen molar-refractivity contribution in [2.24, 2.45) is 5.73 Å². The van der Waals surface area contributed by atoms with Gasteiger partial charge in [0.2, 0.25) is 0 Å². The second-order valence-electron chi connectivity index (χ2n) is 5.36. The van der Waals surface area contributed by atoms with E-state index in [0.717, 1.165) is 5.02 Å². The second-order valence-corrected chi connectivity index (χ2v) is 5.79. The van der Waals surface area contributed by atoms with Crippen molar-refractivity contribution in [1.82, 2.24) is 4.90 Å². The molecule has 1 fully saturated rings. The summed E-state index contributed by atoms with van der Waals surface area (Å²) in [6, 6.07) is 7.12. The van der Waals surface area contributed by atoms with Gasteiger partial charge in [-0.05, 0) is 50.1 Å².